The van der Waals surface area contributed by atoms with Crippen LogP contribution in [0.1, 0.15) is 18.2 Å². The van der Waals surface area contributed by atoms with E-state index in [1.165, 1.54) is 21.6 Å². The molecule has 2 amide bonds. The first kappa shape index (κ1) is 18.9. The number of hydrogen-bond donors (Lipinski definition) is 1. The van der Waals surface area contributed by atoms with Crippen molar-refractivity contribution in [3.8, 4) is 5.82 Å². The second-order valence-corrected chi connectivity index (χ2v) is 7.55. The quantitative estimate of drug-likeness (QED) is 0.512. The second kappa shape index (κ2) is 6.69. The van der Waals surface area contributed by atoms with Crippen LogP contribution in [0.2, 0.25) is 0 Å². The zero-order chi connectivity index (χ0) is 21.8. The standard InChI is InChI=1S/C20H18FN9O/c1-4-20(3)11-28(14-10-22-16-8-15(21)27-29(16)17(14)20)19(31)26-13-7-12(2)18(23-9-13)30-24-5-6-25-30/h4-10H,1,11H2,2-3H3,(H,26,31)/t20-/m0/s1. The number of pyridine rings is 1. The molecule has 0 aliphatic carbocycles. The van der Waals surface area contributed by atoms with Gasteiger partial charge in [0, 0.05) is 18.0 Å². The Labute approximate surface area is 176 Å². The largest absolute Gasteiger partial charge is 0.326 e. The van der Waals surface area contributed by atoms with Gasteiger partial charge in [-0.15, -0.1) is 16.5 Å². The van der Waals surface area contributed by atoms with E-state index >= 15 is 0 Å². The van der Waals surface area contributed by atoms with E-state index in [4.69, 9.17) is 0 Å². The number of amides is 2. The lowest BCUT2D eigenvalue weighted by Gasteiger charge is -2.21. The molecule has 1 N–H and O–H groups in total. The van der Waals surface area contributed by atoms with Gasteiger partial charge in [0.15, 0.2) is 11.5 Å². The van der Waals surface area contributed by atoms with Gasteiger partial charge in [-0.25, -0.2) is 19.3 Å². The summed E-state index contributed by atoms with van der Waals surface area (Å²) in [5, 5.41) is 14.9. The van der Waals surface area contributed by atoms with Gasteiger partial charge in [-0.3, -0.25) is 4.90 Å². The Morgan fingerprint density at radius 3 is 2.74 bits per heavy atom. The molecule has 31 heavy (non-hydrogen) atoms. The van der Waals surface area contributed by atoms with Crippen LogP contribution in [0.3, 0.4) is 0 Å². The van der Waals surface area contributed by atoms with Crippen molar-refractivity contribution in [2.24, 2.45) is 0 Å². The summed E-state index contributed by atoms with van der Waals surface area (Å²) in [7, 11) is 0. The molecule has 1 aliphatic heterocycles. The first-order valence-corrected chi connectivity index (χ1v) is 9.50. The van der Waals surface area contributed by atoms with E-state index in [0.29, 0.717) is 35.1 Å². The third kappa shape index (κ3) is 2.93. The highest BCUT2D eigenvalue weighted by Gasteiger charge is 2.42. The number of nitrogens with zero attached hydrogens (tertiary/aromatic N) is 8. The van der Waals surface area contributed by atoms with Crippen LogP contribution in [0.25, 0.3) is 11.5 Å². The highest BCUT2D eigenvalue weighted by Crippen LogP contribution is 2.41. The van der Waals surface area contributed by atoms with Gasteiger partial charge in [0.1, 0.15) is 0 Å². The zero-order valence-electron chi connectivity index (χ0n) is 16.8. The molecule has 1 atom stereocenters. The number of nitrogens with one attached hydrogen (secondary N) is 1. The smallest absolute Gasteiger partial charge is 0.306 e. The Kier molecular flexibility index (Phi) is 4.07. The van der Waals surface area contributed by atoms with E-state index in [-0.39, 0.29) is 6.03 Å². The number of urea groups is 1. The van der Waals surface area contributed by atoms with Crippen LogP contribution in [-0.4, -0.2) is 47.2 Å². The molecule has 0 fully saturated rings. The molecule has 1 aliphatic rings. The van der Waals surface area contributed by atoms with Gasteiger partial charge in [0.25, 0.3) is 0 Å². The number of carbonyl (C=O) groups is 1. The minimum absolute atomic E-state index is 0.307. The number of carbonyl (C=O) groups excluding carboxylic acids is 1. The molecular weight excluding hydrogens is 401 g/mol. The fourth-order valence-corrected chi connectivity index (χ4v) is 3.82. The first-order valence-electron chi connectivity index (χ1n) is 9.50. The van der Waals surface area contributed by atoms with Crippen LogP contribution in [0.4, 0.5) is 20.6 Å². The Morgan fingerprint density at radius 2 is 2.03 bits per heavy atom. The topological polar surface area (TPSA) is 106 Å². The van der Waals surface area contributed by atoms with Crippen molar-refractivity contribution in [2.75, 3.05) is 16.8 Å². The fourth-order valence-electron chi connectivity index (χ4n) is 3.82. The maximum atomic E-state index is 13.8. The monoisotopic (exact) mass is 419 g/mol. The van der Waals surface area contributed by atoms with Gasteiger partial charge in [-0.2, -0.15) is 14.6 Å². The summed E-state index contributed by atoms with van der Waals surface area (Å²) >= 11 is 0. The number of halogens is 1. The molecule has 5 rings (SSSR count). The Hall–Kier alpha value is -4.15. The second-order valence-electron chi connectivity index (χ2n) is 7.55. The molecule has 0 saturated carbocycles. The minimum atomic E-state index is -0.636. The maximum absolute atomic E-state index is 13.8. The van der Waals surface area contributed by atoms with Gasteiger partial charge in [-0.1, -0.05) is 6.08 Å². The first-order chi connectivity index (χ1) is 14.9. The van der Waals surface area contributed by atoms with Crippen molar-refractivity contribution >= 4 is 23.1 Å². The Morgan fingerprint density at radius 1 is 1.26 bits per heavy atom. The van der Waals surface area contributed by atoms with E-state index in [1.807, 2.05) is 13.8 Å². The van der Waals surface area contributed by atoms with Crippen molar-refractivity contribution < 1.29 is 9.18 Å². The SMILES string of the molecule is C=C[C@@]1(C)CN(C(=O)Nc2cnc(-n3nccn3)c(C)c2)c2cnc3cc(F)nn3c21. The normalized spacial score (nSPS) is 17.7. The average Bonchev–Trinajstić information content (AvgIpc) is 3.45. The lowest BCUT2D eigenvalue weighted by Crippen LogP contribution is -2.37. The summed E-state index contributed by atoms with van der Waals surface area (Å²) in [6.07, 6.45) is 7.95. The van der Waals surface area contributed by atoms with Crippen LogP contribution in [-0.2, 0) is 5.41 Å². The van der Waals surface area contributed by atoms with Crippen LogP contribution in [0, 0.1) is 12.9 Å². The van der Waals surface area contributed by atoms with Gasteiger partial charge in [-0.05, 0) is 25.5 Å². The Bertz CT molecular complexity index is 1330. The van der Waals surface area contributed by atoms with Gasteiger partial charge in [0.2, 0.25) is 5.95 Å². The minimum Gasteiger partial charge on any atom is -0.306 e. The molecule has 0 unspecified atom stereocenters. The van der Waals surface area contributed by atoms with E-state index < -0.39 is 11.4 Å². The van der Waals surface area contributed by atoms with Crippen molar-refractivity contribution in [1.82, 2.24) is 34.6 Å². The number of aromatic nitrogens is 7. The van der Waals surface area contributed by atoms with Gasteiger partial charge in [0.05, 0.1) is 41.9 Å². The number of anilines is 2. The van der Waals surface area contributed by atoms with Crippen LogP contribution in [0.15, 0.2) is 49.6 Å². The lowest BCUT2D eigenvalue weighted by atomic mass is 9.89. The van der Waals surface area contributed by atoms with Crippen LogP contribution in [0.5, 0.6) is 0 Å². The van der Waals surface area contributed by atoms with E-state index in [9.17, 15) is 9.18 Å². The molecule has 4 aromatic heterocycles. The number of fused-ring (bicyclic) bond motifs is 3. The third-order valence-corrected chi connectivity index (χ3v) is 5.36. The molecular formula is C20H18FN9O. The maximum Gasteiger partial charge on any atom is 0.326 e. The summed E-state index contributed by atoms with van der Waals surface area (Å²) in [5.41, 5.74) is 2.25. The molecule has 4 aromatic rings. The number of aryl methyl sites for hydroxylation is 1. The van der Waals surface area contributed by atoms with Gasteiger partial charge >= 0.3 is 6.03 Å². The Balaban J connectivity index is 1.48. The van der Waals surface area contributed by atoms with E-state index in [2.05, 4.69) is 37.2 Å². The third-order valence-electron chi connectivity index (χ3n) is 5.36. The lowest BCUT2D eigenvalue weighted by molar-refractivity contribution is 0.256. The van der Waals surface area contributed by atoms with Gasteiger partial charge < -0.3 is 5.32 Å². The number of hydrogen-bond acceptors (Lipinski definition) is 6. The van der Waals surface area contributed by atoms with Crippen molar-refractivity contribution in [3.05, 3.63) is 66.8 Å². The summed E-state index contributed by atoms with van der Waals surface area (Å²) in [6.45, 7) is 7.99. The van der Waals surface area contributed by atoms with E-state index in [0.717, 1.165) is 5.56 Å². The summed E-state index contributed by atoms with van der Waals surface area (Å²) in [6, 6.07) is 2.67. The number of rotatable bonds is 3. The molecule has 0 saturated heterocycles. The summed E-state index contributed by atoms with van der Waals surface area (Å²) in [4.78, 5) is 24.7. The van der Waals surface area contributed by atoms with Crippen LogP contribution >= 0.6 is 0 Å². The fraction of sp³-hybridized carbons (Fsp3) is 0.200. The molecule has 0 aromatic carbocycles. The van der Waals surface area contributed by atoms with Crippen molar-refractivity contribution in [2.45, 2.75) is 19.3 Å². The van der Waals surface area contributed by atoms with Crippen LogP contribution < -0.4 is 10.2 Å². The van der Waals surface area contributed by atoms with E-state index in [1.54, 1.807) is 35.6 Å². The van der Waals surface area contributed by atoms with Crippen molar-refractivity contribution in [3.63, 3.8) is 0 Å². The summed E-state index contributed by atoms with van der Waals surface area (Å²) in [5.74, 6) is -0.0652. The predicted octanol–water partition coefficient (Wildman–Crippen LogP) is 2.65. The molecule has 5 heterocycles. The highest BCUT2D eigenvalue weighted by molar-refractivity contribution is 6.03. The molecule has 0 radical (unpaired) electrons. The molecule has 0 bridgehead atoms. The van der Waals surface area contributed by atoms with Crippen molar-refractivity contribution in [1.29, 1.82) is 0 Å². The predicted molar refractivity (Wildman–Crippen MR) is 111 cm³/mol. The average molecular weight is 419 g/mol. The molecule has 0 spiro atoms. The highest BCUT2D eigenvalue weighted by atomic mass is 19.1. The molecule has 10 nitrogen and oxygen atoms in total. The summed E-state index contributed by atoms with van der Waals surface area (Å²) < 4.78 is 15.2. The zero-order valence-corrected chi connectivity index (χ0v) is 16.8. The molecule has 156 valence electrons. The molecule has 11 heteroatoms.